The Bertz CT molecular complexity index is 448. The van der Waals surface area contributed by atoms with E-state index in [1.54, 1.807) is 0 Å². The number of rotatable bonds is 1. The Kier molecular flexibility index (Phi) is 2.33. The van der Waals surface area contributed by atoms with Crippen LogP contribution in [0.25, 0.3) is 0 Å². The fraction of sp³-hybridized carbons (Fsp3) is 0.571. The summed E-state index contributed by atoms with van der Waals surface area (Å²) in [7, 11) is 0. The van der Waals surface area contributed by atoms with Gasteiger partial charge >= 0.3 is 0 Å². The van der Waals surface area contributed by atoms with Crippen LogP contribution in [0.3, 0.4) is 0 Å². The van der Waals surface area contributed by atoms with Crippen LogP contribution in [0, 0.1) is 6.92 Å². The SMILES string of the molecule is Cc1cc2c(cc1C1CCNC1)OC(C)(C)O2. The molecule has 92 valence electrons. The third kappa shape index (κ3) is 1.89. The third-order valence-electron chi connectivity index (χ3n) is 3.54. The Labute approximate surface area is 102 Å². The van der Waals surface area contributed by atoms with Crippen LogP contribution in [-0.2, 0) is 0 Å². The Balaban J connectivity index is 1.97. The van der Waals surface area contributed by atoms with Crippen molar-refractivity contribution in [3.63, 3.8) is 0 Å². The van der Waals surface area contributed by atoms with Crippen LogP contribution >= 0.6 is 0 Å². The molecular formula is C14H19NO2. The quantitative estimate of drug-likeness (QED) is 0.808. The minimum atomic E-state index is -0.526. The van der Waals surface area contributed by atoms with Gasteiger partial charge in [-0.15, -0.1) is 0 Å². The van der Waals surface area contributed by atoms with E-state index in [2.05, 4.69) is 24.4 Å². The Morgan fingerprint density at radius 1 is 1.24 bits per heavy atom. The summed E-state index contributed by atoms with van der Waals surface area (Å²) in [5.74, 6) is 1.86. The number of fused-ring (bicyclic) bond motifs is 1. The highest BCUT2D eigenvalue weighted by atomic mass is 16.7. The van der Waals surface area contributed by atoms with Crippen molar-refractivity contribution < 1.29 is 9.47 Å². The van der Waals surface area contributed by atoms with Gasteiger partial charge in [-0.05, 0) is 49.1 Å². The van der Waals surface area contributed by atoms with Crippen molar-refractivity contribution in [3.05, 3.63) is 23.3 Å². The van der Waals surface area contributed by atoms with Gasteiger partial charge in [0.2, 0.25) is 5.79 Å². The monoisotopic (exact) mass is 233 g/mol. The minimum Gasteiger partial charge on any atom is -0.449 e. The smallest absolute Gasteiger partial charge is 0.246 e. The van der Waals surface area contributed by atoms with Crippen LogP contribution in [0.4, 0.5) is 0 Å². The summed E-state index contributed by atoms with van der Waals surface area (Å²) in [6, 6.07) is 4.27. The highest BCUT2D eigenvalue weighted by molar-refractivity contribution is 5.50. The average molecular weight is 233 g/mol. The van der Waals surface area contributed by atoms with Gasteiger partial charge in [0.25, 0.3) is 0 Å². The molecule has 0 saturated carbocycles. The molecule has 0 aromatic heterocycles. The van der Waals surface area contributed by atoms with E-state index in [1.807, 2.05) is 13.8 Å². The Morgan fingerprint density at radius 2 is 1.94 bits per heavy atom. The second-order valence-electron chi connectivity index (χ2n) is 5.45. The van der Waals surface area contributed by atoms with E-state index >= 15 is 0 Å². The summed E-state index contributed by atoms with van der Waals surface area (Å²) in [6.45, 7) is 8.23. The standard InChI is InChI=1S/C14H19NO2/c1-9-6-12-13(17-14(2,3)16-12)7-11(9)10-4-5-15-8-10/h6-7,10,15H,4-5,8H2,1-3H3. The van der Waals surface area contributed by atoms with Crippen LogP contribution < -0.4 is 14.8 Å². The van der Waals surface area contributed by atoms with Gasteiger partial charge in [0.1, 0.15) is 0 Å². The molecule has 0 spiro atoms. The maximum Gasteiger partial charge on any atom is 0.246 e. The van der Waals surface area contributed by atoms with Crippen molar-refractivity contribution >= 4 is 0 Å². The molecule has 0 aliphatic carbocycles. The predicted molar refractivity (Wildman–Crippen MR) is 66.7 cm³/mol. The molecule has 1 saturated heterocycles. The second kappa shape index (κ2) is 3.64. The van der Waals surface area contributed by atoms with E-state index in [0.29, 0.717) is 5.92 Å². The van der Waals surface area contributed by atoms with E-state index in [-0.39, 0.29) is 0 Å². The number of hydrogen-bond donors (Lipinski definition) is 1. The van der Waals surface area contributed by atoms with E-state index < -0.39 is 5.79 Å². The third-order valence-corrected chi connectivity index (χ3v) is 3.54. The van der Waals surface area contributed by atoms with Gasteiger partial charge in [-0.1, -0.05) is 0 Å². The molecule has 1 unspecified atom stereocenters. The van der Waals surface area contributed by atoms with E-state index in [1.165, 1.54) is 17.5 Å². The largest absolute Gasteiger partial charge is 0.449 e. The van der Waals surface area contributed by atoms with Crippen molar-refractivity contribution in [1.29, 1.82) is 0 Å². The molecule has 1 aromatic rings. The first-order valence-electron chi connectivity index (χ1n) is 6.28. The molecule has 0 radical (unpaired) electrons. The van der Waals surface area contributed by atoms with Crippen molar-refractivity contribution in [2.24, 2.45) is 0 Å². The van der Waals surface area contributed by atoms with E-state index in [0.717, 1.165) is 24.6 Å². The zero-order chi connectivity index (χ0) is 12.0. The highest BCUT2D eigenvalue weighted by Crippen LogP contribution is 2.42. The highest BCUT2D eigenvalue weighted by Gasteiger charge is 2.33. The predicted octanol–water partition coefficient (Wildman–Crippen LogP) is 2.58. The number of nitrogens with one attached hydrogen (secondary N) is 1. The van der Waals surface area contributed by atoms with Crippen LogP contribution in [0.2, 0.25) is 0 Å². The zero-order valence-corrected chi connectivity index (χ0v) is 10.7. The average Bonchev–Trinajstić information content (AvgIpc) is 2.81. The van der Waals surface area contributed by atoms with Crippen molar-refractivity contribution in [1.82, 2.24) is 5.32 Å². The van der Waals surface area contributed by atoms with Crippen molar-refractivity contribution in [3.8, 4) is 11.5 Å². The second-order valence-corrected chi connectivity index (χ2v) is 5.45. The summed E-state index contributed by atoms with van der Waals surface area (Å²) in [5, 5.41) is 3.41. The number of hydrogen-bond acceptors (Lipinski definition) is 3. The van der Waals surface area contributed by atoms with Gasteiger partial charge in [0.05, 0.1) is 0 Å². The first kappa shape index (κ1) is 10.9. The van der Waals surface area contributed by atoms with Gasteiger partial charge in [0, 0.05) is 20.4 Å². The fourth-order valence-corrected chi connectivity index (χ4v) is 2.75. The molecule has 3 rings (SSSR count). The summed E-state index contributed by atoms with van der Waals surface area (Å²) in [4.78, 5) is 0. The summed E-state index contributed by atoms with van der Waals surface area (Å²) in [6.07, 6.45) is 1.21. The molecule has 2 aliphatic heterocycles. The molecule has 3 nitrogen and oxygen atoms in total. The Morgan fingerprint density at radius 3 is 2.59 bits per heavy atom. The molecule has 1 aromatic carbocycles. The summed E-state index contributed by atoms with van der Waals surface area (Å²) in [5.41, 5.74) is 2.70. The molecule has 2 aliphatic rings. The lowest BCUT2D eigenvalue weighted by Gasteiger charge is -2.16. The number of aryl methyl sites for hydroxylation is 1. The van der Waals surface area contributed by atoms with Gasteiger partial charge in [-0.25, -0.2) is 0 Å². The maximum atomic E-state index is 5.81. The van der Waals surface area contributed by atoms with Gasteiger partial charge in [-0.2, -0.15) is 0 Å². The van der Waals surface area contributed by atoms with Gasteiger partial charge in [-0.3, -0.25) is 0 Å². The Hall–Kier alpha value is -1.22. The molecule has 0 bridgehead atoms. The molecule has 1 atom stereocenters. The molecule has 17 heavy (non-hydrogen) atoms. The topological polar surface area (TPSA) is 30.5 Å². The number of ether oxygens (including phenoxy) is 2. The maximum absolute atomic E-state index is 5.81. The summed E-state index contributed by atoms with van der Waals surface area (Å²) >= 11 is 0. The lowest BCUT2D eigenvalue weighted by atomic mass is 9.93. The van der Waals surface area contributed by atoms with Crippen molar-refractivity contribution in [2.45, 2.75) is 38.9 Å². The lowest BCUT2D eigenvalue weighted by Crippen LogP contribution is -2.29. The zero-order valence-electron chi connectivity index (χ0n) is 10.7. The summed E-state index contributed by atoms with van der Waals surface area (Å²) < 4.78 is 11.6. The molecular weight excluding hydrogens is 214 g/mol. The van der Waals surface area contributed by atoms with Crippen LogP contribution in [0.1, 0.15) is 37.3 Å². The van der Waals surface area contributed by atoms with Crippen LogP contribution in [0.15, 0.2) is 12.1 Å². The van der Waals surface area contributed by atoms with E-state index in [4.69, 9.17) is 9.47 Å². The lowest BCUT2D eigenvalue weighted by molar-refractivity contribution is -0.0431. The molecule has 2 heterocycles. The molecule has 0 amide bonds. The minimum absolute atomic E-state index is 0.526. The van der Waals surface area contributed by atoms with E-state index in [9.17, 15) is 0 Å². The molecule has 1 fully saturated rings. The van der Waals surface area contributed by atoms with Crippen molar-refractivity contribution in [2.75, 3.05) is 13.1 Å². The first-order valence-corrected chi connectivity index (χ1v) is 6.28. The van der Waals surface area contributed by atoms with Gasteiger partial charge < -0.3 is 14.8 Å². The first-order chi connectivity index (χ1) is 8.05. The molecule has 1 N–H and O–H groups in total. The fourth-order valence-electron chi connectivity index (χ4n) is 2.75. The van der Waals surface area contributed by atoms with Crippen LogP contribution in [0.5, 0.6) is 11.5 Å². The van der Waals surface area contributed by atoms with Crippen LogP contribution in [-0.4, -0.2) is 18.9 Å². The van der Waals surface area contributed by atoms with Gasteiger partial charge in [0.15, 0.2) is 11.5 Å². The molecule has 3 heteroatoms. The number of benzene rings is 1. The normalized spacial score (nSPS) is 25.2.